The number of amides is 1. The third-order valence-electron chi connectivity index (χ3n) is 3.86. The molecule has 0 aromatic heterocycles. The molecule has 1 aliphatic rings. The number of para-hydroxylation sites is 2. The zero-order valence-corrected chi connectivity index (χ0v) is 13.0. The number of anilines is 1. The molecule has 0 atom stereocenters. The van der Waals surface area contributed by atoms with Crippen molar-refractivity contribution in [2.75, 3.05) is 11.9 Å². The normalized spacial score (nSPS) is 22.1. The summed E-state index contributed by atoms with van der Waals surface area (Å²) in [6, 6.07) is 7.88. The Balaban J connectivity index is 1.97. The molecule has 0 spiro atoms. The van der Waals surface area contributed by atoms with E-state index in [1.807, 2.05) is 24.3 Å². The molecule has 1 aliphatic carbocycles. The summed E-state index contributed by atoms with van der Waals surface area (Å²) in [6.45, 7) is 4.85. The zero-order valence-electron chi connectivity index (χ0n) is 13.0. The van der Waals surface area contributed by atoms with E-state index >= 15 is 0 Å². The summed E-state index contributed by atoms with van der Waals surface area (Å²) < 4.78 is 5.77. The fourth-order valence-corrected chi connectivity index (χ4v) is 2.57. The molecule has 1 saturated carbocycles. The Bertz CT molecular complexity index is 466. The monoisotopic (exact) mass is 290 g/mol. The zero-order chi connectivity index (χ0) is 15.2. The average molecular weight is 290 g/mol. The van der Waals surface area contributed by atoms with Crippen molar-refractivity contribution in [2.45, 2.75) is 45.6 Å². The molecule has 0 radical (unpaired) electrons. The van der Waals surface area contributed by atoms with Gasteiger partial charge in [0.2, 0.25) is 5.91 Å². The average Bonchev–Trinajstić information content (AvgIpc) is 2.47. The number of carbonyl (C=O) groups is 1. The van der Waals surface area contributed by atoms with Crippen LogP contribution in [0.25, 0.3) is 0 Å². The van der Waals surface area contributed by atoms with Crippen LogP contribution < -0.4 is 15.8 Å². The molecule has 4 nitrogen and oxygen atoms in total. The van der Waals surface area contributed by atoms with E-state index in [0.717, 1.165) is 37.1 Å². The Morgan fingerprint density at radius 2 is 1.95 bits per heavy atom. The first-order valence-corrected chi connectivity index (χ1v) is 7.84. The molecule has 3 N–H and O–H groups in total. The fraction of sp³-hybridized carbons (Fsp3) is 0.588. The van der Waals surface area contributed by atoms with Crippen LogP contribution in [0.15, 0.2) is 24.3 Å². The first-order chi connectivity index (χ1) is 10.1. The number of ether oxygens (including phenoxy) is 1. The van der Waals surface area contributed by atoms with Gasteiger partial charge in [0.1, 0.15) is 5.75 Å². The van der Waals surface area contributed by atoms with E-state index in [4.69, 9.17) is 10.5 Å². The first-order valence-electron chi connectivity index (χ1n) is 7.84. The summed E-state index contributed by atoms with van der Waals surface area (Å²) in [6.07, 6.45) is 3.62. The fourth-order valence-electron chi connectivity index (χ4n) is 2.57. The number of nitrogens with one attached hydrogen (secondary N) is 1. The van der Waals surface area contributed by atoms with Crippen molar-refractivity contribution in [3.05, 3.63) is 24.3 Å². The summed E-state index contributed by atoms with van der Waals surface area (Å²) in [5, 5.41) is 3.01. The first kappa shape index (κ1) is 15.8. The number of carbonyl (C=O) groups excluding carboxylic acids is 1. The molecule has 1 aromatic rings. The molecule has 0 heterocycles. The second-order valence-electron chi connectivity index (χ2n) is 6.30. The molecule has 116 valence electrons. The molecule has 0 saturated heterocycles. The second-order valence-corrected chi connectivity index (χ2v) is 6.30. The van der Waals surface area contributed by atoms with Crippen LogP contribution in [0, 0.1) is 11.8 Å². The molecule has 2 rings (SSSR count). The quantitative estimate of drug-likeness (QED) is 0.875. The lowest BCUT2D eigenvalue weighted by Gasteiger charge is -2.25. The predicted molar refractivity (Wildman–Crippen MR) is 85.3 cm³/mol. The number of hydrogen-bond donors (Lipinski definition) is 2. The Morgan fingerprint density at radius 3 is 2.62 bits per heavy atom. The van der Waals surface area contributed by atoms with Gasteiger partial charge in [-0.3, -0.25) is 4.79 Å². The molecule has 4 heteroatoms. The van der Waals surface area contributed by atoms with E-state index in [1.54, 1.807) is 0 Å². The van der Waals surface area contributed by atoms with E-state index in [9.17, 15) is 4.79 Å². The van der Waals surface area contributed by atoms with Gasteiger partial charge in [0, 0.05) is 12.0 Å². The summed E-state index contributed by atoms with van der Waals surface area (Å²) in [5.74, 6) is 1.35. The van der Waals surface area contributed by atoms with Gasteiger partial charge in [-0.2, -0.15) is 0 Å². The Hall–Kier alpha value is -1.55. The minimum Gasteiger partial charge on any atom is -0.491 e. The van der Waals surface area contributed by atoms with Gasteiger partial charge in [-0.1, -0.05) is 26.0 Å². The highest BCUT2D eigenvalue weighted by atomic mass is 16.5. The summed E-state index contributed by atoms with van der Waals surface area (Å²) in [7, 11) is 0. The molecule has 0 bridgehead atoms. The van der Waals surface area contributed by atoms with Gasteiger partial charge in [-0.05, 0) is 43.7 Å². The molecule has 0 unspecified atom stereocenters. The van der Waals surface area contributed by atoms with E-state index in [0.29, 0.717) is 12.5 Å². The van der Waals surface area contributed by atoms with E-state index < -0.39 is 0 Å². The SMILES string of the molecule is CC(C)COc1ccccc1NC(=O)C1CCC(N)CC1. The minimum atomic E-state index is 0.0722. The van der Waals surface area contributed by atoms with E-state index in [-0.39, 0.29) is 17.9 Å². The maximum atomic E-state index is 12.4. The van der Waals surface area contributed by atoms with Crippen LogP contribution in [0.5, 0.6) is 5.75 Å². The van der Waals surface area contributed by atoms with Crippen LogP contribution in [-0.4, -0.2) is 18.6 Å². The van der Waals surface area contributed by atoms with Crippen LogP contribution >= 0.6 is 0 Å². The van der Waals surface area contributed by atoms with Crippen molar-refractivity contribution in [3.8, 4) is 5.75 Å². The molecule has 21 heavy (non-hydrogen) atoms. The lowest BCUT2D eigenvalue weighted by Crippen LogP contribution is -2.32. The maximum Gasteiger partial charge on any atom is 0.227 e. The highest BCUT2D eigenvalue weighted by Crippen LogP contribution is 2.28. The van der Waals surface area contributed by atoms with Crippen molar-refractivity contribution in [2.24, 2.45) is 17.6 Å². The van der Waals surface area contributed by atoms with Gasteiger partial charge >= 0.3 is 0 Å². The van der Waals surface area contributed by atoms with Crippen molar-refractivity contribution < 1.29 is 9.53 Å². The molecule has 0 aliphatic heterocycles. The van der Waals surface area contributed by atoms with Crippen molar-refractivity contribution in [3.63, 3.8) is 0 Å². The van der Waals surface area contributed by atoms with E-state index in [2.05, 4.69) is 19.2 Å². The number of nitrogens with two attached hydrogens (primary N) is 1. The smallest absolute Gasteiger partial charge is 0.227 e. The number of benzene rings is 1. The Kier molecular flexibility index (Phi) is 5.62. The maximum absolute atomic E-state index is 12.4. The largest absolute Gasteiger partial charge is 0.491 e. The molecule has 1 aromatic carbocycles. The van der Waals surface area contributed by atoms with Crippen molar-refractivity contribution in [1.29, 1.82) is 0 Å². The second kappa shape index (κ2) is 7.46. The molecular formula is C17H26N2O2. The predicted octanol–water partition coefficient (Wildman–Crippen LogP) is 3.18. The third-order valence-corrected chi connectivity index (χ3v) is 3.86. The number of hydrogen-bond acceptors (Lipinski definition) is 3. The van der Waals surface area contributed by atoms with Gasteiger partial charge < -0.3 is 15.8 Å². The lowest BCUT2D eigenvalue weighted by atomic mass is 9.86. The Labute approximate surface area is 127 Å². The van der Waals surface area contributed by atoms with Crippen LogP contribution in [0.2, 0.25) is 0 Å². The van der Waals surface area contributed by atoms with E-state index in [1.165, 1.54) is 0 Å². The number of rotatable bonds is 5. The third kappa shape index (κ3) is 4.74. The standard InChI is InChI=1S/C17H26N2O2/c1-12(2)11-21-16-6-4-3-5-15(16)19-17(20)13-7-9-14(18)10-8-13/h3-6,12-14H,7-11,18H2,1-2H3,(H,19,20). The molecule has 1 fully saturated rings. The topological polar surface area (TPSA) is 64.3 Å². The lowest BCUT2D eigenvalue weighted by molar-refractivity contribution is -0.120. The Morgan fingerprint density at radius 1 is 1.29 bits per heavy atom. The van der Waals surface area contributed by atoms with Crippen LogP contribution in [0.1, 0.15) is 39.5 Å². The minimum absolute atomic E-state index is 0.0722. The molecular weight excluding hydrogens is 264 g/mol. The van der Waals surface area contributed by atoms with Gasteiger partial charge in [0.25, 0.3) is 0 Å². The van der Waals surface area contributed by atoms with Gasteiger partial charge in [-0.25, -0.2) is 0 Å². The van der Waals surface area contributed by atoms with Gasteiger partial charge in [-0.15, -0.1) is 0 Å². The van der Waals surface area contributed by atoms with Gasteiger partial charge in [0.15, 0.2) is 0 Å². The van der Waals surface area contributed by atoms with Crippen molar-refractivity contribution in [1.82, 2.24) is 0 Å². The summed E-state index contributed by atoms with van der Waals surface area (Å²) in [4.78, 5) is 12.4. The van der Waals surface area contributed by atoms with Crippen LogP contribution in [0.4, 0.5) is 5.69 Å². The van der Waals surface area contributed by atoms with Gasteiger partial charge in [0.05, 0.1) is 12.3 Å². The summed E-state index contributed by atoms with van der Waals surface area (Å²) in [5.41, 5.74) is 6.65. The molecule has 1 amide bonds. The highest BCUT2D eigenvalue weighted by Gasteiger charge is 2.25. The summed E-state index contributed by atoms with van der Waals surface area (Å²) >= 11 is 0. The van der Waals surface area contributed by atoms with Crippen LogP contribution in [0.3, 0.4) is 0 Å². The van der Waals surface area contributed by atoms with Crippen LogP contribution in [-0.2, 0) is 4.79 Å². The van der Waals surface area contributed by atoms with Crippen molar-refractivity contribution >= 4 is 11.6 Å². The highest BCUT2D eigenvalue weighted by molar-refractivity contribution is 5.94.